The Kier molecular flexibility index (Phi) is 3.25. The maximum absolute atomic E-state index is 8.90. The average Bonchev–Trinajstić information content (AvgIpc) is 2.80. The van der Waals surface area contributed by atoms with Crippen LogP contribution >= 0.6 is 0 Å². The highest BCUT2D eigenvalue weighted by molar-refractivity contribution is 5.17. The first-order valence-electron chi connectivity index (χ1n) is 5.59. The van der Waals surface area contributed by atoms with Crippen LogP contribution in [0.3, 0.4) is 0 Å². The van der Waals surface area contributed by atoms with E-state index in [1.54, 1.807) is 0 Å². The van der Waals surface area contributed by atoms with Gasteiger partial charge in [-0.15, -0.1) is 0 Å². The molecule has 14 heavy (non-hydrogen) atoms. The fourth-order valence-corrected chi connectivity index (χ4v) is 2.19. The molecule has 2 aliphatic carbocycles. The van der Waals surface area contributed by atoms with E-state index in [1.807, 2.05) is 0 Å². The highest BCUT2D eigenvalue weighted by Gasteiger charge is 2.17. The van der Waals surface area contributed by atoms with Crippen LogP contribution in [0.1, 0.15) is 44.9 Å². The van der Waals surface area contributed by atoms with E-state index < -0.39 is 0 Å². The van der Waals surface area contributed by atoms with Gasteiger partial charge in [0.2, 0.25) is 0 Å². The predicted octanol–water partition coefficient (Wildman–Crippen LogP) is 2.89. The summed E-state index contributed by atoms with van der Waals surface area (Å²) in [7, 11) is 0. The van der Waals surface area contributed by atoms with Crippen LogP contribution in [0.5, 0.6) is 0 Å². The first-order valence-corrected chi connectivity index (χ1v) is 5.59. The van der Waals surface area contributed by atoms with Crippen molar-refractivity contribution in [3.8, 4) is 0 Å². The first kappa shape index (κ1) is 9.78. The lowest BCUT2D eigenvalue weighted by Gasteiger charge is -2.09. The maximum Gasteiger partial charge on any atom is 0.103 e. The number of hydrogen-bond donors (Lipinski definition) is 1. The molecule has 78 valence electrons. The summed E-state index contributed by atoms with van der Waals surface area (Å²) in [5, 5.41) is 8.90. The van der Waals surface area contributed by atoms with Gasteiger partial charge in [-0.05, 0) is 43.8 Å². The van der Waals surface area contributed by atoms with Crippen molar-refractivity contribution >= 4 is 0 Å². The van der Waals surface area contributed by atoms with Crippen LogP contribution in [-0.2, 0) is 4.74 Å². The van der Waals surface area contributed by atoms with Crippen LogP contribution in [0.2, 0.25) is 0 Å². The second kappa shape index (κ2) is 4.65. The van der Waals surface area contributed by atoms with Gasteiger partial charge in [-0.25, -0.2) is 0 Å². The zero-order valence-corrected chi connectivity index (χ0v) is 8.59. The number of allylic oxidation sites excluding steroid dienone is 3. The molecule has 0 saturated heterocycles. The van der Waals surface area contributed by atoms with Crippen LogP contribution in [0.25, 0.3) is 0 Å². The smallest absolute Gasteiger partial charge is 0.103 e. The van der Waals surface area contributed by atoms with Gasteiger partial charge in [-0.2, -0.15) is 0 Å². The topological polar surface area (TPSA) is 29.5 Å². The van der Waals surface area contributed by atoms with Crippen molar-refractivity contribution in [2.75, 3.05) is 6.61 Å². The van der Waals surface area contributed by atoms with Gasteiger partial charge in [0.25, 0.3) is 0 Å². The molecule has 0 aromatic carbocycles. The van der Waals surface area contributed by atoms with Gasteiger partial charge in [0.1, 0.15) is 5.76 Å². The summed E-state index contributed by atoms with van der Waals surface area (Å²) in [6.45, 7) is 0.251. The lowest BCUT2D eigenvalue weighted by Crippen LogP contribution is -1.93. The average molecular weight is 194 g/mol. The van der Waals surface area contributed by atoms with Gasteiger partial charge in [0.15, 0.2) is 0 Å². The molecular formula is C12H18O2. The molecular weight excluding hydrogens is 176 g/mol. The largest absolute Gasteiger partial charge is 0.466 e. The number of ether oxygens (including phenoxy) is 1. The quantitative estimate of drug-likeness (QED) is 0.745. The van der Waals surface area contributed by atoms with E-state index in [0.29, 0.717) is 0 Å². The monoisotopic (exact) mass is 194 g/mol. The second-order valence-corrected chi connectivity index (χ2v) is 4.02. The van der Waals surface area contributed by atoms with Crippen molar-refractivity contribution in [1.82, 2.24) is 0 Å². The molecule has 0 unspecified atom stereocenters. The normalized spacial score (nSPS) is 21.6. The Morgan fingerprint density at radius 1 is 1.21 bits per heavy atom. The van der Waals surface area contributed by atoms with E-state index in [-0.39, 0.29) is 6.61 Å². The molecule has 0 heterocycles. The van der Waals surface area contributed by atoms with Crippen molar-refractivity contribution in [1.29, 1.82) is 0 Å². The van der Waals surface area contributed by atoms with Crippen LogP contribution in [0.15, 0.2) is 23.2 Å². The Bertz CT molecular complexity index is 263. The van der Waals surface area contributed by atoms with Crippen LogP contribution in [-0.4, -0.2) is 11.7 Å². The molecule has 0 aliphatic heterocycles. The lowest BCUT2D eigenvalue weighted by atomic mass is 10.2. The maximum atomic E-state index is 8.90. The van der Waals surface area contributed by atoms with E-state index in [2.05, 4.69) is 6.08 Å². The summed E-state index contributed by atoms with van der Waals surface area (Å²) >= 11 is 0. The molecule has 2 aliphatic rings. The summed E-state index contributed by atoms with van der Waals surface area (Å²) in [5.41, 5.74) is 1.33. The molecule has 0 fully saturated rings. The fourth-order valence-electron chi connectivity index (χ4n) is 2.19. The standard InChI is InChI=1S/C12H18O2/c13-9-8-10-4-3-7-12(10)14-11-5-1-2-6-11/h5,13H,1-4,6-9H2. The van der Waals surface area contributed by atoms with Gasteiger partial charge in [-0.3, -0.25) is 0 Å². The minimum Gasteiger partial charge on any atom is -0.466 e. The molecule has 2 rings (SSSR count). The summed E-state index contributed by atoms with van der Waals surface area (Å²) in [6.07, 6.45) is 9.85. The highest BCUT2D eigenvalue weighted by Crippen LogP contribution is 2.32. The molecule has 2 heteroatoms. The van der Waals surface area contributed by atoms with E-state index >= 15 is 0 Å². The Morgan fingerprint density at radius 3 is 2.86 bits per heavy atom. The zero-order valence-electron chi connectivity index (χ0n) is 8.59. The van der Waals surface area contributed by atoms with Gasteiger partial charge < -0.3 is 9.84 Å². The minimum atomic E-state index is 0.251. The van der Waals surface area contributed by atoms with E-state index in [0.717, 1.165) is 43.6 Å². The molecule has 0 aromatic rings. The van der Waals surface area contributed by atoms with Gasteiger partial charge >= 0.3 is 0 Å². The Hall–Kier alpha value is -0.760. The molecule has 0 saturated carbocycles. The molecule has 0 bridgehead atoms. The molecule has 0 radical (unpaired) electrons. The summed E-state index contributed by atoms with van der Waals surface area (Å²) in [4.78, 5) is 0. The summed E-state index contributed by atoms with van der Waals surface area (Å²) in [6, 6.07) is 0. The highest BCUT2D eigenvalue weighted by atomic mass is 16.5. The van der Waals surface area contributed by atoms with E-state index in [1.165, 1.54) is 18.4 Å². The van der Waals surface area contributed by atoms with Gasteiger partial charge in [0.05, 0.1) is 5.76 Å². The predicted molar refractivity (Wildman–Crippen MR) is 55.6 cm³/mol. The van der Waals surface area contributed by atoms with Crippen molar-refractivity contribution in [2.24, 2.45) is 0 Å². The van der Waals surface area contributed by atoms with Crippen LogP contribution < -0.4 is 0 Å². The Balaban J connectivity index is 1.97. The SMILES string of the molecule is OCCC1=C(OC2=CCCC2)CCC1. The molecule has 2 nitrogen and oxygen atoms in total. The van der Waals surface area contributed by atoms with Crippen molar-refractivity contribution in [2.45, 2.75) is 44.9 Å². The minimum absolute atomic E-state index is 0.251. The number of hydrogen-bond acceptors (Lipinski definition) is 2. The summed E-state index contributed by atoms with van der Waals surface area (Å²) in [5.74, 6) is 2.30. The van der Waals surface area contributed by atoms with Crippen molar-refractivity contribution in [3.63, 3.8) is 0 Å². The third-order valence-electron chi connectivity index (χ3n) is 2.94. The van der Waals surface area contributed by atoms with E-state index in [9.17, 15) is 0 Å². The molecule has 0 atom stereocenters. The third kappa shape index (κ3) is 2.18. The fraction of sp³-hybridized carbons (Fsp3) is 0.667. The van der Waals surface area contributed by atoms with Gasteiger partial charge in [0, 0.05) is 19.4 Å². The zero-order chi connectivity index (χ0) is 9.80. The third-order valence-corrected chi connectivity index (χ3v) is 2.94. The molecule has 0 spiro atoms. The van der Waals surface area contributed by atoms with Gasteiger partial charge in [-0.1, -0.05) is 0 Å². The number of rotatable bonds is 4. The van der Waals surface area contributed by atoms with E-state index in [4.69, 9.17) is 9.84 Å². The van der Waals surface area contributed by atoms with Crippen LogP contribution in [0.4, 0.5) is 0 Å². The number of aliphatic hydroxyl groups excluding tert-OH is 1. The Morgan fingerprint density at radius 2 is 2.14 bits per heavy atom. The lowest BCUT2D eigenvalue weighted by molar-refractivity contribution is 0.273. The molecule has 0 aromatic heterocycles. The van der Waals surface area contributed by atoms with Crippen molar-refractivity contribution < 1.29 is 9.84 Å². The number of aliphatic hydroxyl groups is 1. The Labute approximate surface area is 85.3 Å². The second-order valence-electron chi connectivity index (χ2n) is 4.02. The van der Waals surface area contributed by atoms with Crippen LogP contribution in [0, 0.1) is 0 Å². The molecule has 0 amide bonds. The first-order chi connectivity index (χ1) is 6.90. The van der Waals surface area contributed by atoms with Crippen molar-refractivity contribution in [3.05, 3.63) is 23.2 Å². The molecule has 1 N–H and O–H groups in total. The summed E-state index contributed by atoms with van der Waals surface area (Å²) < 4.78 is 5.87.